The Kier molecular flexibility index (Phi) is 10.7. The SMILES string of the molecule is CCN(CC)CCCC(C)NC(=O)C1CSC(CC(C)C)N1C(=O)C(C)C. The zero-order valence-corrected chi connectivity index (χ0v) is 19.3. The van der Waals surface area contributed by atoms with E-state index in [1.165, 1.54) is 0 Å². The quantitative estimate of drug-likeness (QED) is 0.577. The van der Waals surface area contributed by atoms with E-state index in [-0.39, 0.29) is 35.2 Å². The average Bonchev–Trinajstić information content (AvgIpc) is 3.00. The molecule has 3 atom stereocenters. The predicted molar refractivity (Wildman–Crippen MR) is 116 cm³/mol. The Labute approximate surface area is 171 Å². The highest BCUT2D eigenvalue weighted by Gasteiger charge is 2.42. The Morgan fingerprint density at radius 1 is 1.15 bits per heavy atom. The fourth-order valence-corrected chi connectivity index (χ4v) is 5.17. The van der Waals surface area contributed by atoms with Crippen molar-refractivity contribution >= 4 is 23.6 Å². The molecule has 0 aromatic rings. The number of amides is 2. The molecule has 6 heteroatoms. The van der Waals surface area contributed by atoms with Crippen molar-refractivity contribution in [3.8, 4) is 0 Å². The van der Waals surface area contributed by atoms with Crippen LogP contribution in [0.5, 0.6) is 0 Å². The molecule has 1 heterocycles. The number of carbonyl (C=O) groups excluding carboxylic acids is 2. The van der Waals surface area contributed by atoms with Gasteiger partial charge in [-0.1, -0.05) is 41.5 Å². The number of carbonyl (C=O) groups is 2. The highest BCUT2D eigenvalue weighted by molar-refractivity contribution is 8.00. The largest absolute Gasteiger partial charge is 0.352 e. The second kappa shape index (κ2) is 11.9. The summed E-state index contributed by atoms with van der Waals surface area (Å²) in [6.07, 6.45) is 2.98. The number of rotatable bonds is 11. The summed E-state index contributed by atoms with van der Waals surface area (Å²) in [5, 5.41) is 3.28. The van der Waals surface area contributed by atoms with Gasteiger partial charge in [0.05, 0.1) is 5.37 Å². The van der Waals surface area contributed by atoms with Crippen molar-refractivity contribution in [3.63, 3.8) is 0 Å². The lowest BCUT2D eigenvalue weighted by molar-refractivity contribution is -0.142. The molecule has 1 aliphatic rings. The Hall–Kier alpha value is -0.750. The predicted octanol–water partition coefficient (Wildman–Crippen LogP) is 3.59. The molecule has 3 unspecified atom stereocenters. The monoisotopic (exact) mass is 399 g/mol. The van der Waals surface area contributed by atoms with Gasteiger partial charge in [0.15, 0.2) is 0 Å². The van der Waals surface area contributed by atoms with Gasteiger partial charge in [-0.2, -0.15) is 0 Å². The first-order chi connectivity index (χ1) is 12.7. The van der Waals surface area contributed by atoms with Crippen LogP contribution < -0.4 is 5.32 Å². The first-order valence-corrected chi connectivity index (χ1v) is 11.7. The first-order valence-electron chi connectivity index (χ1n) is 10.7. The number of nitrogens with one attached hydrogen (secondary N) is 1. The van der Waals surface area contributed by atoms with Crippen molar-refractivity contribution in [3.05, 3.63) is 0 Å². The van der Waals surface area contributed by atoms with Crippen LogP contribution in [0.3, 0.4) is 0 Å². The summed E-state index contributed by atoms with van der Waals surface area (Å²) in [6, 6.07) is -0.197. The van der Waals surface area contributed by atoms with Crippen LogP contribution in [0.15, 0.2) is 0 Å². The lowest BCUT2D eigenvalue weighted by Gasteiger charge is -2.31. The van der Waals surface area contributed by atoms with E-state index in [2.05, 4.69) is 44.8 Å². The van der Waals surface area contributed by atoms with Gasteiger partial charge in [0.2, 0.25) is 11.8 Å². The molecule has 0 aromatic carbocycles. The van der Waals surface area contributed by atoms with Gasteiger partial charge in [0.25, 0.3) is 0 Å². The summed E-state index contributed by atoms with van der Waals surface area (Å²) < 4.78 is 0. The van der Waals surface area contributed by atoms with E-state index in [9.17, 15) is 9.59 Å². The minimum absolute atomic E-state index is 0.0121. The van der Waals surface area contributed by atoms with Gasteiger partial charge in [0.1, 0.15) is 6.04 Å². The normalized spacial score (nSPS) is 21.3. The molecule has 0 spiro atoms. The maximum Gasteiger partial charge on any atom is 0.243 e. The van der Waals surface area contributed by atoms with Crippen molar-refractivity contribution in [2.24, 2.45) is 11.8 Å². The van der Waals surface area contributed by atoms with Crippen LogP contribution in [0.1, 0.15) is 67.7 Å². The summed E-state index contributed by atoms with van der Waals surface area (Å²) in [5.74, 6) is 1.23. The van der Waals surface area contributed by atoms with E-state index in [4.69, 9.17) is 0 Å². The smallest absolute Gasteiger partial charge is 0.243 e. The number of hydrogen-bond donors (Lipinski definition) is 1. The number of hydrogen-bond acceptors (Lipinski definition) is 4. The highest BCUT2D eigenvalue weighted by Crippen LogP contribution is 2.34. The van der Waals surface area contributed by atoms with Gasteiger partial charge in [-0.05, 0) is 51.7 Å². The van der Waals surface area contributed by atoms with Gasteiger partial charge in [-0.25, -0.2) is 0 Å². The summed E-state index contributed by atoms with van der Waals surface area (Å²) in [4.78, 5) is 30.0. The van der Waals surface area contributed by atoms with E-state index in [1.807, 2.05) is 18.7 Å². The third-order valence-corrected chi connectivity index (χ3v) is 6.52. The van der Waals surface area contributed by atoms with Crippen LogP contribution in [0.25, 0.3) is 0 Å². The standard InChI is InChI=1S/C21H41N3O2S/c1-8-23(9-2)12-10-11-17(7)22-20(25)18-14-27-19(13-15(3)4)24(18)21(26)16(5)6/h15-19H,8-14H2,1-7H3,(H,22,25). The molecule has 1 N–H and O–H groups in total. The van der Waals surface area contributed by atoms with Gasteiger partial charge in [-0.3, -0.25) is 9.59 Å². The van der Waals surface area contributed by atoms with Crippen LogP contribution in [-0.4, -0.2) is 64.5 Å². The number of thioether (sulfide) groups is 1. The van der Waals surface area contributed by atoms with Gasteiger partial charge >= 0.3 is 0 Å². The zero-order chi connectivity index (χ0) is 20.6. The molecule has 1 fully saturated rings. The second-order valence-electron chi connectivity index (χ2n) is 8.41. The highest BCUT2D eigenvalue weighted by atomic mass is 32.2. The van der Waals surface area contributed by atoms with Gasteiger partial charge < -0.3 is 15.1 Å². The van der Waals surface area contributed by atoms with Gasteiger partial charge in [0, 0.05) is 17.7 Å². The molecule has 1 aliphatic heterocycles. The van der Waals surface area contributed by atoms with Crippen LogP contribution in [0.4, 0.5) is 0 Å². The topological polar surface area (TPSA) is 52.7 Å². The summed E-state index contributed by atoms with van der Waals surface area (Å²) in [7, 11) is 0. The van der Waals surface area contributed by atoms with E-state index >= 15 is 0 Å². The van der Waals surface area contributed by atoms with E-state index in [0.29, 0.717) is 11.7 Å². The Morgan fingerprint density at radius 3 is 2.30 bits per heavy atom. The molecule has 1 rings (SSSR count). The van der Waals surface area contributed by atoms with Crippen LogP contribution in [0, 0.1) is 11.8 Å². The fourth-order valence-electron chi connectivity index (χ4n) is 3.52. The van der Waals surface area contributed by atoms with Crippen molar-refractivity contribution in [2.75, 3.05) is 25.4 Å². The zero-order valence-electron chi connectivity index (χ0n) is 18.5. The van der Waals surface area contributed by atoms with E-state index in [0.717, 1.165) is 38.9 Å². The Morgan fingerprint density at radius 2 is 1.78 bits per heavy atom. The molecule has 0 radical (unpaired) electrons. The first kappa shape index (κ1) is 24.3. The van der Waals surface area contributed by atoms with Crippen LogP contribution in [-0.2, 0) is 9.59 Å². The summed E-state index contributed by atoms with van der Waals surface area (Å²) in [5.41, 5.74) is 0. The van der Waals surface area contributed by atoms with E-state index in [1.54, 1.807) is 11.8 Å². The lowest BCUT2D eigenvalue weighted by atomic mass is 10.1. The Balaban J connectivity index is 2.64. The molecule has 5 nitrogen and oxygen atoms in total. The molecular weight excluding hydrogens is 358 g/mol. The third-order valence-electron chi connectivity index (χ3n) is 5.21. The maximum atomic E-state index is 12.9. The Bertz CT molecular complexity index is 466. The van der Waals surface area contributed by atoms with Crippen LogP contribution >= 0.6 is 11.8 Å². The second-order valence-corrected chi connectivity index (χ2v) is 9.62. The summed E-state index contributed by atoms with van der Waals surface area (Å²) in [6.45, 7) is 17.8. The van der Waals surface area contributed by atoms with Crippen LogP contribution in [0.2, 0.25) is 0 Å². The third kappa shape index (κ3) is 7.65. The molecule has 0 saturated carbocycles. The molecular formula is C21H41N3O2S. The van der Waals surface area contributed by atoms with Crippen molar-refractivity contribution in [1.82, 2.24) is 15.1 Å². The summed E-state index contributed by atoms with van der Waals surface area (Å²) >= 11 is 1.75. The minimum Gasteiger partial charge on any atom is -0.352 e. The molecule has 2 amide bonds. The van der Waals surface area contributed by atoms with Crippen molar-refractivity contribution < 1.29 is 9.59 Å². The molecule has 0 aromatic heterocycles. The van der Waals surface area contributed by atoms with Crippen molar-refractivity contribution in [2.45, 2.75) is 85.2 Å². The van der Waals surface area contributed by atoms with E-state index < -0.39 is 0 Å². The fraction of sp³-hybridized carbons (Fsp3) is 0.905. The lowest BCUT2D eigenvalue weighted by Crippen LogP contribution is -2.52. The van der Waals surface area contributed by atoms with Gasteiger partial charge in [-0.15, -0.1) is 11.8 Å². The molecule has 158 valence electrons. The van der Waals surface area contributed by atoms with Crippen molar-refractivity contribution in [1.29, 1.82) is 0 Å². The molecule has 0 aliphatic carbocycles. The average molecular weight is 400 g/mol. The molecule has 0 bridgehead atoms. The number of nitrogens with zero attached hydrogens (tertiary/aromatic N) is 2. The molecule has 1 saturated heterocycles. The maximum absolute atomic E-state index is 12.9. The molecule has 27 heavy (non-hydrogen) atoms. The minimum atomic E-state index is -0.334.